The molecule has 0 aromatic rings. The number of hydrogen-bond acceptors (Lipinski definition) is 8. The normalized spacial score (nSPS) is 13.1. The van der Waals surface area contributed by atoms with Crippen LogP contribution in [-0.2, 0) is 19.2 Å². The second kappa shape index (κ2) is 26.4. The molecule has 0 N–H and O–H groups in total. The average Bonchev–Trinajstić information content (AvgIpc) is 2.82. The summed E-state index contributed by atoms with van der Waals surface area (Å²) < 4.78 is 2.09. The first-order valence-electron chi connectivity index (χ1n) is 14.2. The monoisotopic (exact) mass is 658 g/mol. The predicted octanol–water partition coefficient (Wildman–Crippen LogP) is 2.39. The molecular formula is C30H50O8Sn. The molecule has 9 heteroatoms. The molecule has 0 amide bonds. The molecule has 2 unspecified atom stereocenters. The van der Waals surface area contributed by atoms with Gasteiger partial charge in [0.15, 0.2) is 0 Å². The first-order chi connectivity index (χ1) is 18.1. The number of carboxylic acids is 4. The Morgan fingerprint density at radius 3 is 1.08 bits per heavy atom. The fourth-order valence-electron chi connectivity index (χ4n) is 3.86. The van der Waals surface area contributed by atoms with E-state index in [0.29, 0.717) is 12.2 Å². The number of carbonyl (C=O) groups excluding carboxylic acids is 4. The van der Waals surface area contributed by atoms with Gasteiger partial charge in [-0.2, -0.15) is 0 Å². The van der Waals surface area contributed by atoms with Gasteiger partial charge in [-0.25, -0.2) is 0 Å². The molecule has 0 saturated heterocycles. The van der Waals surface area contributed by atoms with Crippen molar-refractivity contribution in [1.82, 2.24) is 0 Å². The summed E-state index contributed by atoms with van der Waals surface area (Å²) in [7, 11) is 0. The Bertz CT molecular complexity index is 694. The molecule has 6 radical (unpaired) electrons. The molecule has 8 nitrogen and oxygen atoms in total. The summed E-state index contributed by atoms with van der Waals surface area (Å²) in [6.07, 6.45) is 9.34. The van der Waals surface area contributed by atoms with Crippen molar-refractivity contribution >= 4 is 45.0 Å². The summed E-state index contributed by atoms with van der Waals surface area (Å²) in [5.74, 6) is -5.40. The SMILES string of the molecule is CCCCC(CC)C/C(=C/C(=O)[O-])C(=O)[O-].CCCCC(CC)C/C(=C/C(=O)[O-])C(=O)[O-].C[CH](C)[Sn+4][CH](C)C. The molecule has 0 aliphatic heterocycles. The van der Waals surface area contributed by atoms with Gasteiger partial charge in [0, 0.05) is 0 Å². The first kappa shape index (κ1) is 41.6. The van der Waals surface area contributed by atoms with Gasteiger partial charge in [0.05, 0.1) is 23.9 Å². The van der Waals surface area contributed by atoms with Crippen molar-refractivity contribution in [2.24, 2.45) is 11.8 Å². The van der Waals surface area contributed by atoms with Crippen molar-refractivity contribution in [3.63, 3.8) is 0 Å². The van der Waals surface area contributed by atoms with Crippen molar-refractivity contribution in [3.05, 3.63) is 23.3 Å². The van der Waals surface area contributed by atoms with E-state index in [1.807, 2.05) is 13.8 Å². The summed E-state index contributed by atoms with van der Waals surface area (Å²) >= 11 is 0.0389. The average molecular weight is 657 g/mol. The molecule has 0 fully saturated rings. The van der Waals surface area contributed by atoms with E-state index in [0.717, 1.165) is 59.2 Å². The predicted molar refractivity (Wildman–Crippen MR) is 148 cm³/mol. The number of rotatable bonds is 18. The topological polar surface area (TPSA) is 161 Å². The van der Waals surface area contributed by atoms with Crippen LogP contribution in [0.25, 0.3) is 0 Å². The van der Waals surface area contributed by atoms with Crippen LogP contribution in [0.5, 0.6) is 0 Å². The molecule has 0 aliphatic rings. The summed E-state index contributed by atoms with van der Waals surface area (Å²) in [5.41, 5.74) is -0.356. The van der Waals surface area contributed by atoms with Crippen LogP contribution in [0.4, 0.5) is 0 Å². The number of carbonyl (C=O) groups is 4. The van der Waals surface area contributed by atoms with Crippen LogP contribution in [0.3, 0.4) is 0 Å². The number of unbranched alkanes of at least 4 members (excludes halogenated alkanes) is 2. The van der Waals surface area contributed by atoms with Gasteiger partial charge in [-0.05, 0) is 48.0 Å². The molecule has 0 heterocycles. The van der Waals surface area contributed by atoms with Crippen LogP contribution in [0.15, 0.2) is 23.3 Å². The third-order valence-electron chi connectivity index (χ3n) is 5.88. The Morgan fingerprint density at radius 1 is 0.615 bits per heavy atom. The molecule has 2 atom stereocenters. The summed E-state index contributed by atoms with van der Waals surface area (Å²) in [4.78, 5) is 42.0. The van der Waals surface area contributed by atoms with E-state index in [1.165, 1.54) is 0 Å². The number of hydrogen-bond donors (Lipinski definition) is 0. The van der Waals surface area contributed by atoms with Gasteiger partial charge >= 0.3 is 56.7 Å². The van der Waals surface area contributed by atoms with Crippen molar-refractivity contribution in [2.75, 3.05) is 0 Å². The zero-order chi connectivity index (χ0) is 31.0. The molecule has 0 aromatic heterocycles. The minimum atomic E-state index is -1.48. The van der Waals surface area contributed by atoms with Crippen molar-refractivity contribution in [1.29, 1.82) is 0 Å². The summed E-state index contributed by atoms with van der Waals surface area (Å²) in [6.45, 7) is 17.4. The molecule has 0 rings (SSSR count). The van der Waals surface area contributed by atoms with Crippen LogP contribution in [0, 0.1) is 11.8 Å². The standard InChI is InChI=1S/2C12H20O4.2C3H7.Sn/c2*1-3-5-6-9(4-2)7-10(12(15)16)8-11(13)14;2*1-3-2;/h2*8-9H,3-7H2,1-2H3,(H,13,14)(H,15,16);2*3H,1-2H3;/q;;;;+4/p-4/b2*10-8-;;;. The second-order valence-electron chi connectivity index (χ2n) is 10.3. The van der Waals surface area contributed by atoms with Crippen molar-refractivity contribution in [3.8, 4) is 0 Å². The third kappa shape index (κ3) is 29.0. The number of aliphatic carboxylic acids is 4. The van der Waals surface area contributed by atoms with Gasteiger partial charge in [0.1, 0.15) is 0 Å². The van der Waals surface area contributed by atoms with Crippen molar-refractivity contribution in [2.45, 2.75) is 127 Å². The van der Waals surface area contributed by atoms with Crippen molar-refractivity contribution < 1.29 is 39.6 Å². The van der Waals surface area contributed by atoms with E-state index in [2.05, 4.69) is 41.5 Å². The van der Waals surface area contributed by atoms with E-state index in [-0.39, 0.29) is 57.0 Å². The Balaban J connectivity index is -0.000000537. The van der Waals surface area contributed by atoms with Crippen LogP contribution >= 0.6 is 0 Å². The Kier molecular flexibility index (Phi) is 28.2. The Labute approximate surface area is 246 Å². The molecule has 0 saturated carbocycles. The first-order valence-corrected chi connectivity index (χ1v) is 17.5. The maximum atomic E-state index is 10.7. The van der Waals surface area contributed by atoms with Gasteiger partial charge in [0.2, 0.25) is 0 Å². The summed E-state index contributed by atoms with van der Waals surface area (Å²) in [5, 5.41) is 42.0. The van der Waals surface area contributed by atoms with E-state index in [9.17, 15) is 39.6 Å². The molecule has 0 bridgehead atoms. The van der Waals surface area contributed by atoms with Crippen LogP contribution in [0.1, 0.15) is 120 Å². The zero-order valence-electron chi connectivity index (χ0n) is 25.3. The quantitative estimate of drug-likeness (QED) is 0.161. The van der Waals surface area contributed by atoms with Gasteiger partial charge < -0.3 is 39.6 Å². The molecule has 222 valence electrons. The molecule has 39 heavy (non-hydrogen) atoms. The Hall–Kier alpha value is -1.84. The molecule has 0 aliphatic carbocycles. The van der Waals surface area contributed by atoms with E-state index >= 15 is 0 Å². The second-order valence-corrected chi connectivity index (χ2v) is 17.8. The van der Waals surface area contributed by atoms with Gasteiger partial charge in [-0.1, -0.05) is 79.1 Å². The van der Waals surface area contributed by atoms with E-state index < -0.39 is 23.9 Å². The molecule has 0 aromatic carbocycles. The van der Waals surface area contributed by atoms with Gasteiger partial charge in [-0.15, -0.1) is 0 Å². The minimum absolute atomic E-state index is 0.0389. The van der Waals surface area contributed by atoms with Crippen LogP contribution in [-0.4, -0.2) is 45.0 Å². The van der Waals surface area contributed by atoms with Crippen LogP contribution in [0.2, 0.25) is 7.87 Å². The zero-order valence-corrected chi connectivity index (χ0v) is 28.2. The third-order valence-corrected chi connectivity index (χ3v) is 9.68. The fourth-order valence-corrected chi connectivity index (χ4v) is 7.67. The number of carboxylic acid groups (broad SMARTS) is 4. The van der Waals surface area contributed by atoms with Gasteiger partial charge in [0.25, 0.3) is 0 Å². The fraction of sp³-hybridized carbons (Fsp3) is 0.733. The van der Waals surface area contributed by atoms with E-state index in [1.54, 1.807) is 0 Å². The summed E-state index contributed by atoms with van der Waals surface area (Å²) in [6, 6.07) is 0. The van der Waals surface area contributed by atoms with E-state index in [4.69, 9.17) is 0 Å². The van der Waals surface area contributed by atoms with Crippen LogP contribution < -0.4 is 20.4 Å². The van der Waals surface area contributed by atoms with Gasteiger partial charge in [-0.3, -0.25) is 0 Å². The molecule has 0 spiro atoms. The maximum absolute atomic E-state index is 10.7. The Morgan fingerprint density at radius 2 is 0.923 bits per heavy atom. The molecular weight excluding hydrogens is 607 g/mol.